The summed E-state index contributed by atoms with van der Waals surface area (Å²) in [5.74, 6) is 0.533. The van der Waals surface area contributed by atoms with Crippen molar-refractivity contribution in [2.75, 3.05) is 7.11 Å². The van der Waals surface area contributed by atoms with E-state index >= 15 is 0 Å². The molecule has 1 aromatic rings. The fourth-order valence-corrected chi connectivity index (χ4v) is 1.77. The van der Waals surface area contributed by atoms with E-state index in [4.69, 9.17) is 4.74 Å². The van der Waals surface area contributed by atoms with Gasteiger partial charge < -0.3 is 4.74 Å². The fourth-order valence-electron chi connectivity index (χ4n) is 1.77. The maximum atomic E-state index is 5.32. The van der Waals surface area contributed by atoms with Gasteiger partial charge in [0.15, 0.2) is 0 Å². The van der Waals surface area contributed by atoms with Crippen molar-refractivity contribution in [3.8, 4) is 0 Å². The first-order valence-corrected chi connectivity index (χ1v) is 4.15. The van der Waals surface area contributed by atoms with Crippen LogP contribution in [0.15, 0.2) is 12.5 Å². The van der Waals surface area contributed by atoms with Crippen LogP contribution in [0.1, 0.15) is 36.6 Å². The van der Waals surface area contributed by atoms with Crippen LogP contribution in [-0.2, 0) is 4.74 Å². The first kappa shape index (κ1) is 7.68. The van der Waals surface area contributed by atoms with Crippen LogP contribution < -0.4 is 0 Å². The van der Waals surface area contributed by atoms with Crippen molar-refractivity contribution in [1.82, 2.24) is 9.97 Å². The van der Waals surface area contributed by atoms with E-state index in [9.17, 15) is 0 Å². The predicted molar refractivity (Wildman–Crippen MR) is 44.8 cm³/mol. The SMILES string of the molecule is CO[C@@H]1C[C@@H](C)c2cncnc21. The van der Waals surface area contributed by atoms with E-state index in [1.807, 2.05) is 6.20 Å². The van der Waals surface area contributed by atoms with E-state index < -0.39 is 0 Å². The Morgan fingerprint density at radius 1 is 1.58 bits per heavy atom. The number of hydrogen-bond acceptors (Lipinski definition) is 3. The summed E-state index contributed by atoms with van der Waals surface area (Å²) in [4.78, 5) is 8.23. The maximum absolute atomic E-state index is 5.32. The van der Waals surface area contributed by atoms with Crippen LogP contribution in [0, 0.1) is 0 Å². The second-order valence-corrected chi connectivity index (χ2v) is 3.22. The Kier molecular flexibility index (Phi) is 1.81. The van der Waals surface area contributed by atoms with Gasteiger partial charge in [0.05, 0.1) is 5.69 Å². The Morgan fingerprint density at radius 2 is 2.42 bits per heavy atom. The summed E-state index contributed by atoms with van der Waals surface area (Å²) in [6.45, 7) is 2.18. The number of aromatic nitrogens is 2. The van der Waals surface area contributed by atoms with Gasteiger partial charge in [0.1, 0.15) is 12.4 Å². The predicted octanol–water partition coefficient (Wildman–Crippen LogP) is 1.67. The van der Waals surface area contributed by atoms with Crippen LogP contribution in [0.5, 0.6) is 0 Å². The van der Waals surface area contributed by atoms with E-state index in [1.54, 1.807) is 13.4 Å². The number of ether oxygens (including phenoxy) is 1. The van der Waals surface area contributed by atoms with Crippen molar-refractivity contribution in [2.45, 2.75) is 25.4 Å². The van der Waals surface area contributed by atoms with Crippen LogP contribution in [0.4, 0.5) is 0 Å². The number of fused-ring (bicyclic) bond motifs is 1. The zero-order valence-corrected chi connectivity index (χ0v) is 7.32. The molecule has 0 N–H and O–H groups in total. The van der Waals surface area contributed by atoms with Crippen molar-refractivity contribution in [1.29, 1.82) is 0 Å². The molecule has 0 aromatic carbocycles. The minimum atomic E-state index is 0.179. The first-order chi connectivity index (χ1) is 5.83. The summed E-state index contributed by atoms with van der Waals surface area (Å²) in [6.07, 6.45) is 4.69. The Bertz CT molecular complexity index is 288. The molecule has 0 aliphatic heterocycles. The van der Waals surface area contributed by atoms with Crippen molar-refractivity contribution in [3.63, 3.8) is 0 Å². The molecule has 2 rings (SSSR count). The van der Waals surface area contributed by atoms with Crippen LogP contribution in [0.25, 0.3) is 0 Å². The number of methoxy groups -OCH3 is 1. The second kappa shape index (κ2) is 2.83. The normalized spacial score (nSPS) is 27.2. The molecule has 1 aromatic heterocycles. The lowest BCUT2D eigenvalue weighted by molar-refractivity contribution is 0.0982. The Labute approximate surface area is 71.8 Å². The smallest absolute Gasteiger partial charge is 0.115 e. The molecule has 12 heavy (non-hydrogen) atoms. The Balaban J connectivity index is 2.43. The zero-order chi connectivity index (χ0) is 8.55. The first-order valence-electron chi connectivity index (χ1n) is 4.15. The Morgan fingerprint density at radius 3 is 3.17 bits per heavy atom. The standard InChI is InChI=1S/C9H12N2O/c1-6-3-8(12-2)9-7(6)4-10-5-11-9/h4-6,8H,3H2,1-2H3/t6-,8-/m1/s1. The van der Waals surface area contributed by atoms with Crippen molar-refractivity contribution < 1.29 is 4.74 Å². The third kappa shape index (κ3) is 1.01. The van der Waals surface area contributed by atoms with Crippen LogP contribution >= 0.6 is 0 Å². The fraction of sp³-hybridized carbons (Fsp3) is 0.556. The number of nitrogens with zero attached hydrogens (tertiary/aromatic N) is 2. The van der Waals surface area contributed by atoms with E-state index in [1.165, 1.54) is 5.56 Å². The number of hydrogen-bond donors (Lipinski definition) is 0. The van der Waals surface area contributed by atoms with E-state index in [2.05, 4.69) is 16.9 Å². The van der Waals surface area contributed by atoms with E-state index in [0.29, 0.717) is 5.92 Å². The molecular weight excluding hydrogens is 152 g/mol. The highest BCUT2D eigenvalue weighted by molar-refractivity contribution is 5.28. The molecule has 2 atom stereocenters. The van der Waals surface area contributed by atoms with Gasteiger partial charge >= 0.3 is 0 Å². The van der Waals surface area contributed by atoms with Crippen LogP contribution in [-0.4, -0.2) is 17.1 Å². The van der Waals surface area contributed by atoms with Gasteiger partial charge in [-0.05, 0) is 17.9 Å². The molecule has 1 aliphatic carbocycles. The molecule has 0 amide bonds. The minimum absolute atomic E-state index is 0.179. The molecule has 3 heteroatoms. The lowest BCUT2D eigenvalue weighted by Gasteiger charge is -2.06. The van der Waals surface area contributed by atoms with Gasteiger partial charge in [0.25, 0.3) is 0 Å². The summed E-state index contributed by atoms with van der Waals surface area (Å²) < 4.78 is 5.32. The lowest BCUT2D eigenvalue weighted by atomic mass is 10.1. The van der Waals surface area contributed by atoms with E-state index in [-0.39, 0.29) is 6.10 Å². The molecule has 0 bridgehead atoms. The summed E-state index contributed by atoms with van der Waals surface area (Å²) >= 11 is 0. The van der Waals surface area contributed by atoms with Gasteiger partial charge in [-0.1, -0.05) is 6.92 Å². The minimum Gasteiger partial charge on any atom is -0.375 e. The topological polar surface area (TPSA) is 35.0 Å². The number of rotatable bonds is 1. The van der Waals surface area contributed by atoms with Crippen LogP contribution in [0.3, 0.4) is 0 Å². The molecule has 3 nitrogen and oxygen atoms in total. The summed E-state index contributed by atoms with van der Waals surface area (Å²) in [5, 5.41) is 0. The third-order valence-electron chi connectivity index (χ3n) is 2.46. The van der Waals surface area contributed by atoms with Gasteiger partial charge in [0, 0.05) is 13.3 Å². The average Bonchev–Trinajstić information content (AvgIpc) is 2.44. The van der Waals surface area contributed by atoms with Gasteiger partial charge in [0.2, 0.25) is 0 Å². The molecule has 1 aliphatic rings. The monoisotopic (exact) mass is 164 g/mol. The van der Waals surface area contributed by atoms with Crippen LogP contribution in [0.2, 0.25) is 0 Å². The highest BCUT2D eigenvalue weighted by Crippen LogP contribution is 2.39. The van der Waals surface area contributed by atoms with Gasteiger partial charge in [-0.15, -0.1) is 0 Å². The highest BCUT2D eigenvalue weighted by atomic mass is 16.5. The quantitative estimate of drug-likeness (QED) is 0.633. The molecule has 0 unspecified atom stereocenters. The lowest BCUT2D eigenvalue weighted by Crippen LogP contribution is -1.98. The van der Waals surface area contributed by atoms with E-state index in [0.717, 1.165) is 12.1 Å². The third-order valence-corrected chi connectivity index (χ3v) is 2.46. The van der Waals surface area contributed by atoms with Crippen molar-refractivity contribution in [3.05, 3.63) is 23.8 Å². The van der Waals surface area contributed by atoms with Gasteiger partial charge in [-0.3, -0.25) is 0 Å². The molecular formula is C9H12N2O. The van der Waals surface area contributed by atoms with Gasteiger partial charge in [-0.25, -0.2) is 9.97 Å². The van der Waals surface area contributed by atoms with Crippen molar-refractivity contribution in [2.24, 2.45) is 0 Å². The van der Waals surface area contributed by atoms with Crippen molar-refractivity contribution >= 4 is 0 Å². The summed E-state index contributed by atoms with van der Waals surface area (Å²) in [6, 6.07) is 0. The zero-order valence-electron chi connectivity index (χ0n) is 7.32. The molecule has 0 saturated heterocycles. The molecule has 0 fully saturated rings. The molecule has 1 heterocycles. The summed E-state index contributed by atoms with van der Waals surface area (Å²) in [7, 11) is 1.73. The molecule has 0 saturated carbocycles. The molecule has 0 radical (unpaired) electrons. The summed E-state index contributed by atoms with van der Waals surface area (Å²) in [5.41, 5.74) is 2.31. The molecule has 64 valence electrons. The highest BCUT2D eigenvalue weighted by Gasteiger charge is 2.29. The Hall–Kier alpha value is -0.960. The maximum Gasteiger partial charge on any atom is 0.115 e. The largest absolute Gasteiger partial charge is 0.375 e. The average molecular weight is 164 g/mol. The van der Waals surface area contributed by atoms with Gasteiger partial charge in [-0.2, -0.15) is 0 Å². The molecule has 0 spiro atoms. The second-order valence-electron chi connectivity index (χ2n) is 3.22.